The first-order valence-electron chi connectivity index (χ1n) is 6.99. The third kappa shape index (κ3) is 2.98. The summed E-state index contributed by atoms with van der Waals surface area (Å²) in [7, 11) is 1.84. The highest BCUT2D eigenvalue weighted by molar-refractivity contribution is 5.83. The van der Waals surface area contributed by atoms with Gasteiger partial charge in [-0.05, 0) is 31.7 Å². The molecular weight excluding hydrogens is 238 g/mol. The van der Waals surface area contributed by atoms with Crippen LogP contribution in [-0.4, -0.2) is 36.1 Å². The Hall–Kier alpha value is -1.35. The van der Waals surface area contributed by atoms with Crippen LogP contribution in [0.15, 0.2) is 24.3 Å². The van der Waals surface area contributed by atoms with Gasteiger partial charge >= 0.3 is 0 Å². The van der Waals surface area contributed by atoms with Crippen LogP contribution < -0.4 is 0 Å². The molecular formula is C16H23NO2. The van der Waals surface area contributed by atoms with Crippen LogP contribution in [0, 0.1) is 12.3 Å². The fourth-order valence-electron chi connectivity index (χ4n) is 2.71. The Morgan fingerprint density at radius 1 is 1.42 bits per heavy atom. The molecule has 1 aliphatic rings. The average Bonchev–Trinajstić information content (AvgIpc) is 2.35. The van der Waals surface area contributed by atoms with Crippen molar-refractivity contribution in [2.45, 2.75) is 32.6 Å². The average molecular weight is 261 g/mol. The summed E-state index contributed by atoms with van der Waals surface area (Å²) in [5, 5.41) is 9.43. The lowest BCUT2D eigenvalue weighted by atomic mass is 9.68. The van der Waals surface area contributed by atoms with E-state index in [-0.39, 0.29) is 12.5 Å². The van der Waals surface area contributed by atoms with E-state index in [1.807, 2.05) is 13.1 Å². The standard InChI is InChI=1S/C16H23NO2/c1-13-5-3-6-14(11-13)7-10-17(2)15(19)16(12-18)8-4-9-16/h3,5-6,11,18H,4,7-10,12H2,1-2H3. The van der Waals surface area contributed by atoms with Crippen molar-refractivity contribution in [1.82, 2.24) is 4.90 Å². The lowest BCUT2D eigenvalue weighted by Crippen LogP contribution is -2.49. The quantitative estimate of drug-likeness (QED) is 0.882. The Morgan fingerprint density at radius 2 is 2.16 bits per heavy atom. The molecule has 2 rings (SSSR count). The molecule has 1 amide bonds. The van der Waals surface area contributed by atoms with Gasteiger partial charge in [-0.25, -0.2) is 0 Å². The third-order valence-corrected chi connectivity index (χ3v) is 4.23. The summed E-state index contributed by atoms with van der Waals surface area (Å²) >= 11 is 0. The molecule has 3 heteroatoms. The molecule has 0 spiro atoms. The highest BCUT2D eigenvalue weighted by Crippen LogP contribution is 2.41. The number of rotatable bonds is 5. The zero-order chi connectivity index (χ0) is 13.9. The predicted molar refractivity (Wildman–Crippen MR) is 75.9 cm³/mol. The lowest BCUT2D eigenvalue weighted by molar-refractivity contribution is -0.149. The minimum Gasteiger partial charge on any atom is -0.395 e. The Bertz CT molecular complexity index is 446. The summed E-state index contributed by atoms with van der Waals surface area (Å²) in [6.45, 7) is 2.78. The molecule has 19 heavy (non-hydrogen) atoms. The number of carbonyl (C=O) groups is 1. The molecule has 1 aromatic rings. The number of nitrogens with zero attached hydrogens (tertiary/aromatic N) is 1. The second-order valence-corrected chi connectivity index (χ2v) is 5.76. The van der Waals surface area contributed by atoms with Gasteiger partial charge in [0, 0.05) is 13.6 Å². The molecule has 0 unspecified atom stereocenters. The minimum atomic E-state index is -0.471. The van der Waals surface area contributed by atoms with Gasteiger partial charge in [0.2, 0.25) is 5.91 Å². The summed E-state index contributed by atoms with van der Waals surface area (Å²) < 4.78 is 0. The summed E-state index contributed by atoms with van der Waals surface area (Å²) in [5.74, 6) is 0.105. The summed E-state index contributed by atoms with van der Waals surface area (Å²) in [6.07, 6.45) is 3.58. The zero-order valence-corrected chi connectivity index (χ0v) is 11.9. The van der Waals surface area contributed by atoms with Gasteiger partial charge in [-0.15, -0.1) is 0 Å². The fraction of sp³-hybridized carbons (Fsp3) is 0.562. The number of benzene rings is 1. The molecule has 0 aromatic heterocycles. The molecule has 3 nitrogen and oxygen atoms in total. The molecule has 0 heterocycles. The number of hydrogen-bond donors (Lipinski definition) is 1. The second kappa shape index (κ2) is 5.74. The molecule has 0 bridgehead atoms. The molecule has 1 N–H and O–H groups in total. The second-order valence-electron chi connectivity index (χ2n) is 5.76. The maximum atomic E-state index is 12.3. The first-order valence-corrected chi connectivity index (χ1v) is 6.99. The largest absolute Gasteiger partial charge is 0.395 e. The molecule has 1 saturated carbocycles. The highest BCUT2D eigenvalue weighted by Gasteiger charge is 2.44. The van der Waals surface area contributed by atoms with Crippen molar-refractivity contribution in [3.63, 3.8) is 0 Å². The monoisotopic (exact) mass is 261 g/mol. The smallest absolute Gasteiger partial charge is 0.230 e. The van der Waals surface area contributed by atoms with Crippen molar-refractivity contribution in [2.24, 2.45) is 5.41 Å². The Kier molecular flexibility index (Phi) is 4.25. The first-order chi connectivity index (χ1) is 9.07. The van der Waals surface area contributed by atoms with Crippen molar-refractivity contribution < 1.29 is 9.90 Å². The SMILES string of the molecule is Cc1cccc(CCN(C)C(=O)C2(CO)CCC2)c1. The third-order valence-electron chi connectivity index (χ3n) is 4.23. The van der Waals surface area contributed by atoms with Crippen LogP contribution in [0.3, 0.4) is 0 Å². The number of likely N-dealkylation sites (N-methyl/N-ethyl adjacent to an activating group) is 1. The van der Waals surface area contributed by atoms with Gasteiger partial charge in [0.25, 0.3) is 0 Å². The first kappa shape index (κ1) is 14.1. The highest BCUT2D eigenvalue weighted by atomic mass is 16.3. The summed E-state index contributed by atoms with van der Waals surface area (Å²) in [6, 6.07) is 8.38. The van der Waals surface area contributed by atoms with Crippen LogP contribution in [0.2, 0.25) is 0 Å². The fourth-order valence-corrected chi connectivity index (χ4v) is 2.71. The number of aryl methyl sites for hydroxylation is 1. The number of aliphatic hydroxyl groups is 1. The summed E-state index contributed by atoms with van der Waals surface area (Å²) in [5.41, 5.74) is 2.03. The van der Waals surface area contributed by atoms with Crippen LogP contribution >= 0.6 is 0 Å². The summed E-state index contributed by atoms with van der Waals surface area (Å²) in [4.78, 5) is 14.1. The van der Waals surface area contributed by atoms with E-state index in [9.17, 15) is 9.90 Å². The number of amides is 1. The van der Waals surface area contributed by atoms with Gasteiger partial charge in [-0.3, -0.25) is 4.79 Å². The molecule has 1 aliphatic carbocycles. The molecule has 0 aliphatic heterocycles. The zero-order valence-electron chi connectivity index (χ0n) is 11.9. The van der Waals surface area contributed by atoms with Crippen molar-refractivity contribution in [2.75, 3.05) is 20.2 Å². The molecule has 0 atom stereocenters. The van der Waals surface area contributed by atoms with Gasteiger partial charge in [0.15, 0.2) is 0 Å². The van der Waals surface area contributed by atoms with E-state index in [1.165, 1.54) is 11.1 Å². The van der Waals surface area contributed by atoms with Crippen LogP contribution in [0.25, 0.3) is 0 Å². The van der Waals surface area contributed by atoms with Crippen LogP contribution in [0.4, 0.5) is 0 Å². The molecule has 1 fully saturated rings. The van der Waals surface area contributed by atoms with Crippen molar-refractivity contribution in [1.29, 1.82) is 0 Å². The Balaban J connectivity index is 1.91. The number of aliphatic hydroxyl groups excluding tert-OH is 1. The van der Waals surface area contributed by atoms with E-state index < -0.39 is 5.41 Å². The molecule has 104 valence electrons. The van der Waals surface area contributed by atoms with E-state index in [4.69, 9.17) is 0 Å². The van der Waals surface area contributed by atoms with Crippen molar-refractivity contribution >= 4 is 5.91 Å². The maximum absolute atomic E-state index is 12.3. The molecule has 1 aromatic carbocycles. The molecule has 0 saturated heterocycles. The van der Waals surface area contributed by atoms with E-state index in [2.05, 4.69) is 25.1 Å². The topological polar surface area (TPSA) is 40.5 Å². The van der Waals surface area contributed by atoms with Gasteiger partial charge < -0.3 is 10.0 Å². The van der Waals surface area contributed by atoms with Crippen molar-refractivity contribution in [3.8, 4) is 0 Å². The van der Waals surface area contributed by atoms with E-state index >= 15 is 0 Å². The normalized spacial score (nSPS) is 16.8. The van der Waals surface area contributed by atoms with Gasteiger partial charge in [0.1, 0.15) is 0 Å². The van der Waals surface area contributed by atoms with Gasteiger partial charge in [-0.2, -0.15) is 0 Å². The maximum Gasteiger partial charge on any atom is 0.230 e. The van der Waals surface area contributed by atoms with Gasteiger partial charge in [0.05, 0.1) is 12.0 Å². The van der Waals surface area contributed by atoms with E-state index in [1.54, 1.807) is 4.90 Å². The predicted octanol–water partition coefficient (Wildman–Crippen LogP) is 2.16. The molecule has 0 radical (unpaired) electrons. The van der Waals surface area contributed by atoms with Crippen LogP contribution in [0.1, 0.15) is 30.4 Å². The number of hydrogen-bond acceptors (Lipinski definition) is 2. The van der Waals surface area contributed by atoms with Crippen molar-refractivity contribution in [3.05, 3.63) is 35.4 Å². The van der Waals surface area contributed by atoms with E-state index in [0.717, 1.165) is 25.7 Å². The van der Waals surface area contributed by atoms with Crippen LogP contribution in [0.5, 0.6) is 0 Å². The Labute approximate surface area is 115 Å². The lowest BCUT2D eigenvalue weighted by Gasteiger charge is -2.41. The van der Waals surface area contributed by atoms with E-state index in [0.29, 0.717) is 6.54 Å². The van der Waals surface area contributed by atoms with Crippen LogP contribution in [-0.2, 0) is 11.2 Å². The number of carbonyl (C=O) groups excluding carboxylic acids is 1. The minimum absolute atomic E-state index is 0.0133. The van der Waals surface area contributed by atoms with Gasteiger partial charge in [-0.1, -0.05) is 36.2 Å². The Morgan fingerprint density at radius 3 is 2.68 bits per heavy atom.